The van der Waals surface area contributed by atoms with Crippen LogP contribution in [0.4, 0.5) is 5.69 Å². The molecule has 124 valence electrons. The molecule has 23 heavy (non-hydrogen) atoms. The molecule has 0 spiro atoms. The Balaban J connectivity index is 1.89. The van der Waals surface area contributed by atoms with E-state index in [0.29, 0.717) is 25.9 Å². The van der Waals surface area contributed by atoms with Crippen molar-refractivity contribution in [3.8, 4) is 0 Å². The van der Waals surface area contributed by atoms with Gasteiger partial charge in [0.25, 0.3) is 5.69 Å². The zero-order valence-corrected chi connectivity index (χ0v) is 13.0. The molecule has 0 radical (unpaired) electrons. The van der Waals surface area contributed by atoms with E-state index < -0.39 is 16.8 Å². The van der Waals surface area contributed by atoms with Gasteiger partial charge in [-0.15, -0.1) is 0 Å². The number of piperidine rings is 1. The molecule has 2 rings (SSSR count). The van der Waals surface area contributed by atoms with Crippen LogP contribution in [0.25, 0.3) is 0 Å². The SMILES string of the molecule is CC1CN(C(=O)CCc2cccc([N+](=O)[O-])c2)CCC1C(=O)O. The van der Waals surface area contributed by atoms with Crippen LogP contribution in [-0.4, -0.2) is 39.9 Å². The van der Waals surface area contributed by atoms with Crippen molar-refractivity contribution in [2.45, 2.75) is 26.2 Å². The molecule has 1 amide bonds. The van der Waals surface area contributed by atoms with E-state index in [1.54, 1.807) is 17.0 Å². The second-order valence-corrected chi connectivity index (χ2v) is 5.98. The summed E-state index contributed by atoms with van der Waals surface area (Å²) in [5.74, 6) is -1.30. The number of nitrogens with zero attached hydrogens (tertiary/aromatic N) is 2. The molecule has 0 bridgehead atoms. The average molecular weight is 320 g/mol. The lowest BCUT2D eigenvalue weighted by molar-refractivity contribution is -0.384. The van der Waals surface area contributed by atoms with Gasteiger partial charge in [0.05, 0.1) is 10.8 Å². The Bertz CT molecular complexity index is 616. The standard InChI is InChI=1S/C16H20N2O5/c1-11-10-17(8-7-14(11)16(20)21)15(19)6-5-12-3-2-4-13(9-12)18(22)23/h2-4,9,11,14H,5-8,10H2,1H3,(H,20,21). The highest BCUT2D eigenvalue weighted by molar-refractivity contribution is 5.77. The second-order valence-electron chi connectivity index (χ2n) is 5.98. The quantitative estimate of drug-likeness (QED) is 0.661. The molecule has 1 aliphatic rings. The van der Waals surface area contributed by atoms with Crippen LogP contribution in [0.3, 0.4) is 0 Å². The summed E-state index contributed by atoms with van der Waals surface area (Å²) < 4.78 is 0. The Labute approximate surface area is 134 Å². The Morgan fingerprint density at radius 1 is 1.43 bits per heavy atom. The van der Waals surface area contributed by atoms with E-state index in [-0.39, 0.29) is 23.9 Å². The lowest BCUT2D eigenvalue weighted by atomic mass is 9.87. The molecule has 0 aromatic heterocycles. The number of benzene rings is 1. The summed E-state index contributed by atoms with van der Waals surface area (Å²) in [6.07, 6.45) is 1.18. The Morgan fingerprint density at radius 3 is 2.78 bits per heavy atom. The first kappa shape index (κ1) is 16.9. The van der Waals surface area contributed by atoms with Crippen LogP contribution in [0.1, 0.15) is 25.3 Å². The molecule has 0 saturated carbocycles. The van der Waals surface area contributed by atoms with Gasteiger partial charge in [0, 0.05) is 31.6 Å². The van der Waals surface area contributed by atoms with Crippen molar-refractivity contribution in [2.24, 2.45) is 11.8 Å². The van der Waals surface area contributed by atoms with Crippen molar-refractivity contribution in [3.05, 3.63) is 39.9 Å². The fraction of sp³-hybridized carbons (Fsp3) is 0.500. The molecule has 1 aromatic carbocycles. The number of rotatable bonds is 5. The number of non-ortho nitro benzene ring substituents is 1. The molecule has 1 aliphatic heterocycles. The molecule has 2 atom stereocenters. The van der Waals surface area contributed by atoms with E-state index in [0.717, 1.165) is 5.56 Å². The summed E-state index contributed by atoms with van der Waals surface area (Å²) >= 11 is 0. The van der Waals surface area contributed by atoms with Crippen LogP contribution in [0, 0.1) is 22.0 Å². The van der Waals surface area contributed by atoms with Crippen molar-refractivity contribution in [1.82, 2.24) is 4.90 Å². The van der Waals surface area contributed by atoms with Gasteiger partial charge < -0.3 is 10.0 Å². The number of nitro groups is 1. The minimum absolute atomic E-state index is 0.0193. The highest BCUT2D eigenvalue weighted by Gasteiger charge is 2.32. The third-order valence-corrected chi connectivity index (χ3v) is 4.32. The average Bonchev–Trinajstić information content (AvgIpc) is 2.52. The third kappa shape index (κ3) is 4.28. The molecule has 1 heterocycles. The number of carboxylic acids is 1. The normalized spacial score (nSPS) is 21.0. The van der Waals surface area contributed by atoms with Gasteiger partial charge in [0.1, 0.15) is 0 Å². The van der Waals surface area contributed by atoms with Crippen molar-refractivity contribution < 1.29 is 19.6 Å². The number of carbonyl (C=O) groups is 2. The van der Waals surface area contributed by atoms with E-state index >= 15 is 0 Å². The number of amides is 1. The van der Waals surface area contributed by atoms with Gasteiger partial charge in [-0.3, -0.25) is 19.7 Å². The van der Waals surface area contributed by atoms with Crippen LogP contribution in [-0.2, 0) is 16.0 Å². The summed E-state index contributed by atoms with van der Waals surface area (Å²) in [6, 6.07) is 6.27. The van der Waals surface area contributed by atoms with E-state index in [1.807, 2.05) is 6.92 Å². The minimum atomic E-state index is -0.804. The van der Waals surface area contributed by atoms with Gasteiger partial charge >= 0.3 is 5.97 Å². The molecule has 1 saturated heterocycles. The molecular formula is C16H20N2O5. The molecule has 1 N–H and O–H groups in total. The maximum atomic E-state index is 12.3. The largest absolute Gasteiger partial charge is 0.481 e. The first-order valence-corrected chi connectivity index (χ1v) is 7.62. The fourth-order valence-electron chi connectivity index (χ4n) is 2.97. The van der Waals surface area contributed by atoms with Gasteiger partial charge in [0.15, 0.2) is 0 Å². The predicted molar refractivity (Wildman–Crippen MR) is 82.9 cm³/mol. The molecule has 2 unspecified atom stereocenters. The second kappa shape index (κ2) is 7.21. The number of nitro benzene ring substituents is 1. The van der Waals surface area contributed by atoms with Crippen molar-refractivity contribution in [2.75, 3.05) is 13.1 Å². The lowest BCUT2D eigenvalue weighted by Gasteiger charge is -2.35. The molecule has 7 nitrogen and oxygen atoms in total. The first-order valence-electron chi connectivity index (χ1n) is 7.62. The lowest BCUT2D eigenvalue weighted by Crippen LogP contribution is -2.45. The van der Waals surface area contributed by atoms with Gasteiger partial charge in [-0.1, -0.05) is 19.1 Å². The van der Waals surface area contributed by atoms with Crippen LogP contribution in [0.15, 0.2) is 24.3 Å². The number of hydrogen-bond donors (Lipinski definition) is 1. The van der Waals surface area contributed by atoms with Crippen LogP contribution in [0.5, 0.6) is 0 Å². The van der Waals surface area contributed by atoms with Crippen molar-refractivity contribution in [3.63, 3.8) is 0 Å². The zero-order chi connectivity index (χ0) is 17.0. The number of carbonyl (C=O) groups excluding carboxylic acids is 1. The summed E-state index contributed by atoms with van der Waals surface area (Å²) in [5.41, 5.74) is 0.770. The van der Waals surface area contributed by atoms with Crippen LogP contribution in [0.2, 0.25) is 0 Å². The predicted octanol–water partition coefficient (Wildman–Crippen LogP) is 2.10. The highest BCUT2D eigenvalue weighted by atomic mass is 16.6. The van der Waals surface area contributed by atoms with E-state index in [9.17, 15) is 19.7 Å². The Hall–Kier alpha value is -2.44. The first-order chi connectivity index (χ1) is 10.9. The summed E-state index contributed by atoms with van der Waals surface area (Å²) in [7, 11) is 0. The Morgan fingerprint density at radius 2 is 2.17 bits per heavy atom. The minimum Gasteiger partial charge on any atom is -0.481 e. The van der Waals surface area contributed by atoms with E-state index in [1.165, 1.54) is 12.1 Å². The van der Waals surface area contributed by atoms with Crippen LogP contribution < -0.4 is 0 Å². The number of carboxylic acid groups (broad SMARTS) is 1. The van der Waals surface area contributed by atoms with Gasteiger partial charge in [-0.25, -0.2) is 0 Å². The maximum absolute atomic E-state index is 12.3. The van der Waals surface area contributed by atoms with E-state index in [2.05, 4.69) is 0 Å². The van der Waals surface area contributed by atoms with Crippen molar-refractivity contribution in [1.29, 1.82) is 0 Å². The number of aliphatic carboxylic acids is 1. The van der Waals surface area contributed by atoms with Crippen molar-refractivity contribution >= 4 is 17.6 Å². The summed E-state index contributed by atoms with van der Waals surface area (Å²) in [4.78, 5) is 35.3. The monoisotopic (exact) mass is 320 g/mol. The molecule has 1 aromatic rings. The van der Waals surface area contributed by atoms with E-state index in [4.69, 9.17) is 5.11 Å². The summed E-state index contributed by atoms with van der Waals surface area (Å²) in [5, 5.41) is 19.8. The van der Waals surface area contributed by atoms with Gasteiger partial charge in [-0.05, 0) is 24.3 Å². The number of aryl methyl sites for hydroxylation is 1. The van der Waals surface area contributed by atoms with Crippen LogP contribution >= 0.6 is 0 Å². The molecule has 7 heteroatoms. The topological polar surface area (TPSA) is 101 Å². The highest BCUT2D eigenvalue weighted by Crippen LogP contribution is 2.24. The molecule has 1 fully saturated rings. The number of hydrogen-bond acceptors (Lipinski definition) is 4. The molecule has 0 aliphatic carbocycles. The smallest absolute Gasteiger partial charge is 0.306 e. The summed E-state index contributed by atoms with van der Waals surface area (Å²) in [6.45, 7) is 2.75. The fourth-order valence-corrected chi connectivity index (χ4v) is 2.97. The Kier molecular flexibility index (Phi) is 5.31. The number of likely N-dealkylation sites (tertiary alicyclic amines) is 1. The molecular weight excluding hydrogens is 300 g/mol. The zero-order valence-electron chi connectivity index (χ0n) is 13.0. The van der Waals surface area contributed by atoms with Gasteiger partial charge in [-0.2, -0.15) is 0 Å². The van der Waals surface area contributed by atoms with Gasteiger partial charge in [0.2, 0.25) is 5.91 Å². The maximum Gasteiger partial charge on any atom is 0.306 e. The third-order valence-electron chi connectivity index (χ3n) is 4.32.